The summed E-state index contributed by atoms with van der Waals surface area (Å²) in [5.74, 6) is -0.542. The number of furan rings is 1. The number of ether oxygens (including phenoxy) is 1. The van der Waals surface area contributed by atoms with E-state index in [0.29, 0.717) is 4.47 Å². The van der Waals surface area contributed by atoms with Crippen molar-refractivity contribution in [3.8, 4) is 5.75 Å². The van der Waals surface area contributed by atoms with Crippen molar-refractivity contribution in [2.75, 3.05) is 6.61 Å². The highest BCUT2D eigenvalue weighted by molar-refractivity contribution is 9.10. The van der Waals surface area contributed by atoms with Crippen LogP contribution in [0.1, 0.15) is 10.6 Å². The van der Waals surface area contributed by atoms with Gasteiger partial charge in [0.1, 0.15) is 11.6 Å². The quantitative estimate of drug-likeness (QED) is 0.625. The Hall–Kier alpha value is -1.33. The summed E-state index contributed by atoms with van der Waals surface area (Å²) in [4.78, 5) is 11.6. The molecule has 0 unspecified atom stereocenters. The maximum Gasteiger partial charge on any atom is 0.235 e. The van der Waals surface area contributed by atoms with Crippen LogP contribution in [0.25, 0.3) is 0 Å². The molecule has 0 amide bonds. The fraction of sp³-hybridized carbons (Fsp3) is 0.0833. The van der Waals surface area contributed by atoms with Crippen LogP contribution in [0.15, 0.2) is 39.4 Å². The van der Waals surface area contributed by atoms with Crippen LogP contribution in [0.2, 0.25) is 5.02 Å². The number of hydrogen-bond donors (Lipinski definition) is 0. The summed E-state index contributed by atoms with van der Waals surface area (Å²) >= 11 is 8.76. The van der Waals surface area contributed by atoms with E-state index in [1.165, 1.54) is 18.4 Å². The number of benzene rings is 1. The van der Waals surface area contributed by atoms with Crippen LogP contribution in [-0.4, -0.2) is 12.4 Å². The van der Waals surface area contributed by atoms with Crippen molar-refractivity contribution in [3.63, 3.8) is 0 Å². The van der Waals surface area contributed by atoms with E-state index in [9.17, 15) is 9.18 Å². The lowest BCUT2D eigenvalue weighted by Gasteiger charge is -2.07. The summed E-state index contributed by atoms with van der Waals surface area (Å²) in [6.45, 7) is -0.243. The van der Waals surface area contributed by atoms with Crippen LogP contribution < -0.4 is 4.74 Å². The minimum Gasteiger partial charge on any atom is -0.484 e. The van der Waals surface area contributed by atoms with Gasteiger partial charge >= 0.3 is 0 Å². The van der Waals surface area contributed by atoms with Gasteiger partial charge in [0.15, 0.2) is 12.4 Å². The summed E-state index contributed by atoms with van der Waals surface area (Å²) in [7, 11) is 0. The summed E-state index contributed by atoms with van der Waals surface area (Å²) in [6, 6.07) is 5.61. The van der Waals surface area contributed by atoms with Crippen molar-refractivity contribution in [2.45, 2.75) is 0 Å². The minimum atomic E-state index is -0.611. The second-order valence-electron chi connectivity index (χ2n) is 3.39. The Kier molecular flexibility index (Phi) is 4.04. The first-order valence-corrected chi connectivity index (χ1v) is 6.09. The fourth-order valence-corrected chi connectivity index (χ4v) is 2.02. The van der Waals surface area contributed by atoms with Gasteiger partial charge < -0.3 is 9.15 Å². The van der Waals surface area contributed by atoms with Gasteiger partial charge in [0.05, 0.1) is 15.8 Å². The first kappa shape index (κ1) is 13.1. The molecule has 0 aliphatic heterocycles. The average molecular weight is 334 g/mol. The molecule has 0 aliphatic carbocycles. The molecule has 0 atom stereocenters. The topological polar surface area (TPSA) is 39.4 Å². The Bertz CT molecular complexity index is 569. The van der Waals surface area contributed by atoms with E-state index in [1.807, 2.05) is 0 Å². The molecule has 0 bridgehead atoms. The minimum absolute atomic E-state index is 0.0217. The third kappa shape index (κ3) is 2.91. The van der Waals surface area contributed by atoms with Crippen molar-refractivity contribution in [1.29, 1.82) is 0 Å². The van der Waals surface area contributed by atoms with Gasteiger partial charge in [0.25, 0.3) is 0 Å². The van der Waals surface area contributed by atoms with Crippen LogP contribution in [0.4, 0.5) is 4.39 Å². The zero-order chi connectivity index (χ0) is 13.1. The Morgan fingerprint density at radius 1 is 1.50 bits per heavy atom. The number of halogens is 3. The van der Waals surface area contributed by atoms with Crippen LogP contribution >= 0.6 is 27.5 Å². The molecule has 94 valence electrons. The molecule has 0 fully saturated rings. The number of carbonyl (C=O) groups is 1. The van der Waals surface area contributed by atoms with E-state index in [2.05, 4.69) is 15.9 Å². The molecular formula is C12H7BrClFO3. The predicted octanol–water partition coefficient (Wildman–Crippen LogP) is 4.10. The molecule has 6 heteroatoms. The molecule has 0 saturated heterocycles. The zero-order valence-electron chi connectivity index (χ0n) is 8.95. The van der Waals surface area contributed by atoms with Crippen LogP contribution in [0, 0.1) is 5.82 Å². The normalized spacial score (nSPS) is 10.4. The summed E-state index contributed by atoms with van der Waals surface area (Å²) in [5, 5.41) is -0.0217. The second kappa shape index (κ2) is 5.54. The van der Waals surface area contributed by atoms with Crippen LogP contribution in [0.5, 0.6) is 5.75 Å². The first-order chi connectivity index (χ1) is 8.58. The first-order valence-electron chi connectivity index (χ1n) is 4.92. The van der Waals surface area contributed by atoms with E-state index in [0.717, 1.165) is 6.07 Å². The molecule has 2 aromatic rings. The molecule has 0 radical (unpaired) electrons. The largest absolute Gasteiger partial charge is 0.484 e. The molecule has 0 aliphatic rings. The molecule has 0 saturated carbocycles. The summed E-state index contributed by atoms with van der Waals surface area (Å²) in [5.41, 5.74) is 0. The molecule has 1 aromatic carbocycles. The number of hydrogen-bond acceptors (Lipinski definition) is 3. The standard InChI is InChI=1S/C12H7BrClFO3/c13-7-4-8(14)9(15)5-12(7)18-6-10(16)11-2-1-3-17-11/h1-5H,6H2. The highest BCUT2D eigenvalue weighted by atomic mass is 79.9. The van der Waals surface area contributed by atoms with Crippen molar-refractivity contribution in [1.82, 2.24) is 0 Å². The van der Waals surface area contributed by atoms with Gasteiger partial charge in [-0.2, -0.15) is 0 Å². The third-order valence-corrected chi connectivity index (χ3v) is 3.04. The second-order valence-corrected chi connectivity index (χ2v) is 4.65. The van der Waals surface area contributed by atoms with Crippen LogP contribution in [0.3, 0.4) is 0 Å². The van der Waals surface area contributed by atoms with Gasteiger partial charge in [-0.25, -0.2) is 4.39 Å². The fourth-order valence-electron chi connectivity index (χ4n) is 1.27. The maximum absolute atomic E-state index is 13.2. The smallest absolute Gasteiger partial charge is 0.235 e. The van der Waals surface area contributed by atoms with E-state index < -0.39 is 5.82 Å². The maximum atomic E-state index is 13.2. The average Bonchev–Trinajstić information content (AvgIpc) is 2.85. The molecule has 1 aromatic heterocycles. The molecule has 0 N–H and O–H groups in total. The van der Waals surface area contributed by atoms with E-state index in [-0.39, 0.29) is 28.9 Å². The van der Waals surface area contributed by atoms with Gasteiger partial charge in [0, 0.05) is 6.07 Å². The van der Waals surface area contributed by atoms with Gasteiger partial charge in [-0.15, -0.1) is 0 Å². The molecule has 0 spiro atoms. The molecule has 3 nitrogen and oxygen atoms in total. The van der Waals surface area contributed by atoms with E-state index in [1.54, 1.807) is 6.07 Å². The van der Waals surface area contributed by atoms with E-state index in [4.69, 9.17) is 20.8 Å². The molecule has 1 heterocycles. The van der Waals surface area contributed by atoms with Gasteiger partial charge in [0.2, 0.25) is 5.78 Å². The summed E-state index contributed by atoms with van der Waals surface area (Å²) in [6.07, 6.45) is 1.39. The van der Waals surface area contributed by atoms with Crippen molar-refractivity contribution >= 4 is 33.3 Å². The van der Waals surface area contributed by atoms with Gasteiger partial charge in [-0.3, -0.25) is 4.79 Å². The Balaban J connectivity index is 2.07. The Labute approximate surface area is 116 Å². The number of Topliss-reactive ketones (excluding diaryl/α,β-unsaturated/α-hetero) is 1. The highest BCUT2D eigenvalue weighted by Crippen LogP contribution is 2.30. The highest BCUT2D eigenvalue weighted by Gasteiger charge is 2.12. The van der Waals surface area contributed by atoms with Gasteiger partial charge in [-0.05, 0) is 34.1 Å². The molecule has 2 rings (SSSR count). The number of rotatable bonds is 4. The molecular weight excluding hydrogens is 326 g/mol. The predicted molar refractivity (Wildman–Crippen MR) is 67.6 cm³/mol. The number of carbonyl (C=O) groups excluding carboxylic acids is 1. The lowest BCUT2D eigenvalue weighted by molar-refractivity contribution is 0.0893. The van der Waals surface area contributed by atoms with E-state index >= 15 is 0 Å². The summed E-state index contributed by atoms with van der Waals surface area (Å²) < 4.78 is 23.8. The lowest BCUT2D eigenvalue weighted by atomic mass is 10.3. The third-order valence-electron chi connectivity index (χ3n) is 2.13. The Morgan fingerprint density at radius 3 is 2.94 bits per heavy atom. The lowest BCUT2D eigenvalue weighted by Crippen LogP contribution is -2.11. The zero-order valence-corrected chi connectivity index (χ0v) is 11.3. The van der Waals surface area contributed by atoms with Crippen molar-refractivity contribution in [3.05, 3.63) is 51.6 Å². The number of ketones is 1. The molecule has 18 heavy (non-hydrogen) atoms. The van der Waals surface area contributed by atoms with Crippen molar-refractivity contribution < 1.29 is 18.3 Å². The monoisotopic (exact) mass is 332 g/mol. The van der Waals surface area contributed by atoms with Crippen molar-refractivity contribution in [2.24, 2.45) is 0 Å². The van der Waals surface area contributed by atoms with Crippen LogP contribution in [-0.2, 0) is 0 Å². The Morgan fingerprint density at radius 2 is 2.28 bits per heavy atom. The SMILES string of the molecule is O=C(COc1cc(F)c(Cl)cc1Br)c1ccco1. The van der Waals surface area contributed by atoms with Gasteiger partial charge in [-0.1, -0.05) is 11.6 Å².